The lowest BCUT2D eigenvalue weighted by Gasteiger charge is -2.24. The van der Waals surface area contributed by atoms with Crippen LogP contribution in [-0.4, -0.2) is 67.4 Å². The number of hydrogen-bond acceptors (Lipinski definition) is 7. The number of rotatable bonds is 7. The van der Waals surface area contributed by atoms with Crippen LogP contribution in [0.3, 0.4) is 0 Å². The van der Waals surface area contributed by atoms with Gasteiger partial charge in [-0.25, -0.2) is 9.37 Å². The van der Waals surface area contributed by atoms with Crippen LogP contribution >= 0.6 is 11.3 Å². The van der Waals surface area contributed by atoms with Crippen molar-refractivity contribution in [3.63, 3.8) is 0 Å². The minimum absolute atomic E-state index is 0.0935. The molecule has 2 aliphatic heterocycles. The molecule has 1 saturated heterocycles. The van der Waals surface area contributed by atoms with Crippen LogP contribution in [0.1, 0.15) is 60.1 Å². The summed E-state index contributed by atoms with van der Waals surface area (Å²) >= 11 is 1.18. The summed E-state index contributed by atoms with van der Waals surface area (Å²) in [5, 5.41) is 17.6. The number of halogens is 1. The van der Waals surface area contributed by atoms with E-state index in [4.69, 9.17) is 0 Å². The largest absolute Gasteiger partial charge is 0.390 e. The van der Waals surface area contributed by atoms with Crippen molar-refractivity contribution in [2.24, 2.45) is 15.9 Å². The number of nitrogens with one attached hydrogen (secondary N) is 2. The first kappa shape index (κ1) is 25.4. The Kier molecular flexibility index (Phi) is 7.63. The maximum Gasteiger partial charge on any atom is 0.280 e. The number of aromatic nitrogens is 1. The molecule has 8 nitrogen and oxygen atoms in total. The Morgan fingerprint density at radius 3 is 2.80 bits per heavy atom. The van der Waals surface area contributed by atoms with E-state index in [1.807, 2.05) is 4.90 Å². The van der Waals surface area contributed by atoms with Crippen molar-refractivity contribution in [2.75, 3.05) is 38.1 Å². The minimum Gasteiger partial charge on any atom is -0.390 e. The molecule has 1 amide bonds. The Balaban J connectivity index is 1.59. The smallest absolute Gasteiger partial charge is 0.280 e. The fourth-order valence-electron chi connectivity index (χ4n) is 4.91. The number of amidine groups is 1. The maximum atomic E-state index is 14.1. The molecule has 2 aromatic rings. The number of nitrogens with zero attached hydrogens (tertiary/aromatic N) is 4. The molecule has 35 heavy (non-hydrogen) atoms. The Labute approximate surface area is 209 Å². The van der Waals surface area contributed by atoms with Crippen molar-refractivity contribution in [1.29, 1.82) is 0 Å². The van der Waals surface area contributed by atoms with E-state index in [1.54, 1.807) is 27.0 Å². The second-order valence-electron chi connectivity index (χ2n) is 9.81. The molecule has 1 fully saturated rings. The summed E-state index contributed by atoms with van der Waals surface area (Å²) in [5.74, 6) is 0.342. The quantitative estimate of drug-likeness (QED) is 0.399. The molecular formula is C25H33FN6O2S. The van der Waals surface area contributed by atoms with Crippen LogP contribution < -0.4 is 15.5 Å². The summed E-state index contributed by atoms with van der Waals surface area (Å²) in [7, 11) is 1.66. The first-order chi connectivity index (χ1) is 16.7. The lowest BCUT2D eigenvalue weighted by Crippen LogP contribution is -2.36. The number of aliphatic hydroxyl groups is 1. The monoisotopic (exact) mass is 500 g/mol. The third-order valence-electron chi connectivity index (χ3n) is 6.51. The van der Waals surface area contributed by atoms with Crippen molar-refractivity contribution < 1.29 is 14.3 Å². The average Bonchev–Trinajstić information content (AvgIpc) is 3.40. The van der Waals surface area contributed by atoms with Crippen molar-refractivity contribution in [3.05, 3.63) is 40.3 Å². The molecule has 0 bridgehead atoms. The second-order valence-corrected chi connectivity index (χ2v) is 10.8. The minimum atomic E-state index is -0.915. The molecule has 0 spiro atoms. The predicted molar refractivity (Wildman–Crippen MR) is 139 cm³/mol. The summed E-state index contributed by atoms with van der Waals surface area (Å²) in [5.41, 5.74) is 1.18. The first-order valence-corrected chi connectivity index (χ1v) is 12.7. The highest BCUT2D eigenvalue weighted by Crippen LogP contribution is 2.42. The van der Waals surface area contributed by atoms with Crippen molar-refractivity contribution in [3.8, 4) is 0 Å². The van der Waals surface area contributed by atoms with Gasteiger partial charge in [0.15, 0.2) is 10.8 Å². The summed E-state index contributed by atoms with van der Waals surface area (Å²) in [6.45, 7) is 10.2. The first-order valence-electron chi connectivity index (χ1n) is 11.9. The summed E-state index contributed by atoms with van der Waals surface area (Å²) in [6, 6.07) is 4.66. The van der Waals surface area contributed by atoms with Crippen LogP contribution in [0, 0.1) is 11.7 Å². The molecule has 3 N–H and O–H groups in total. The normalized spacial score (nSPS) is 19.1. The topological polar surface area (TPSA) is 102 Å². The summed E-state index contributed by atoms with van der Waals surface area (Å²) in [6.07, 6.45) is 2.54. The van der Waals surface area contributed by atoms with E-state index in [0.29, 0.717) is 47.0 Å². The average molecular weight is 501 g/mol. The Morgan fingerprint density at radius 1 is 1.40 bits per heavy atom. The molecule has 0 radical (unpaired) electrons. The third-order valence-corrected chi connectivity index (χ3v) is 7.49. The number of hydrogen-bond donors (Lipinski definition) is 3. The van der Waals surface area contributed by atoms with Crippen molar-refractivity contribution in [1.82, 2.24) is 15.6 Å². The van der Waals surface area contributed by atoms with Crippen LogP contribution in [-0.2, 0) is 0 Å². The number of carbonyl (C=O) groups excluding carboxylic acids is 1. The summed E-state index contributed by atoms with van der Waals surface area (Å²) < 4.78 is 14.1. The highest BCUT2D eigenvalue weighted by atomic mass is 32.1. The van der Waals surface area contributed by atoms with Gasteiger partial charge in [0.25, 0.3) is 5.91 Å². The molecule has 1 aromatic carbocycles. The zero-order chi connectivity index (χ0) is 25.2. The molecule has 3 heterocycles. The highest BCUT2D eigenvalue weighted by molar-refractivity contribution is 7.17. The van der Waals surface area contributed by atoms with E-state index < -0.39 is 5.60 Å². The van der Waals surface area contributed by atoms with E-state index in [1.165, 1.54) is 23.5 Å². The standard InChI is InChI=1S/C25H33FN6O2S/c1-25(2,34)12-16-14-32(19-6-5-17(26)11-18(16)19)21(27-3)20-23(28-4)35-24(31-20)22(33)30-13-15-7-9-29-10-8-15/h5-6,11,15-16,29,34H,4,7-10,12-14H2,1-3H3,(H,30,33). The van der Waals surface area contributed by atoms with E-state index in [0.717, 1.165) is 37.2 Å². The van der Waals surface area contributed by atoms with Crippen LogP contribution in [0.5, 0.6) is 0 Å². The molecule has 10 heteroatoms. The fraction of sp³-hybridized carbons (Fsp3) is 0.520. The van der Waals surface area contributed by atoms with Gasteiger partial charge < -0.3 is 20.6 Å². The molecular weight excluding hydrogens is 467 g/mol. The van der Waals surface area contributed by atoms with E-state index in [-0.39, 0.29) is 17.6 Å². The van der Waals surface area contributed by atoms with Gasteiger partial charge >= 0.3 is 0 Å². The second kappa shape index (κ2) is 10.5. The Bertz CT molecular complexity index is 1120. The zero-order valence-electron chi connectivity index (χ0n) is 20.5. The molecule has 0 aliphatic carbocycles. The molecule has 2 aliphatic rings. The molecule has 188 valence electrons. The number of benzene rings is 1. The predicted octanol–water partition coefficient (Wildman–Crippen LogP) is 3.48. The maximum absolute atomic E-state index is 14.1. The molecule has 0 saturated carbocycles. The zero-order valence-corrected chi connectivity index (χ0v) is 21.3. The SMILES string of the molecule is C=Nc1sc(C(=O)NCC2CCNCC2)nc1C(=NC)N1CC(CC(C)(C)O)c2cc(F)ccc21. The van der Waals surface area contributed by atoms with E-state index in [9.17, 15) is 14.3 Å². The number of aliphatic imine (C=N–C) groups is 2. The Hall–Kier alpha value is -2.69. The molecule has 1 aromatic heterocycles. The van der Waals surface area contributed by atoms with Gasteiger partial charge in [0.2, 0.25) is 0 Å². The number of amides is 1. The van der Waals surface area contributed by atoms with Crippen molar-refractivity contribution in [2.45, 2.75) is 44.6 Å². The summed E-state index contributed by atoms with van der Waals surface area (Å²) in [4.78, 5) is 28.1. The van der Waals surface area contributed by atoms with Gasteiger partial charge in [-0.15, -0.1) is 0 Å². The third kappa shape index (κ3) is 5.76. The van der Waals surface area contributed by atoms with Gasteiger partial charge in [0.1, 0.15) is 16.5 Å². The molecule has 4 rings (SSSR count). The lowest BCUT2D eigenvalue weighted by atomic mass is 9.89. The van der Waals surface area contributed by atoms with E-state index in [2.05, 4.69) is 32.3 Å². The van der Waals surface area contributed by atoms with Crippen molar-refractivity contribution >= 4 is 40.5 Å². The number of thiazole rings is 1. The number of piperidine rings is 1. The lowest BCUT2D eigenvalue weighted by molar-refractivity contribution is 0.0645. The highest BCUT2D eigenvalue weighted by Gasteiger charge is 2.36. The van der Waals surface area contributed by atoms with Gasteiger partial charge in [-0.3, -0.25) is 14.8 Å². The van der Waals surface area contributed by atoms with Gasteiger partial charge in [-0.2, -0.15) is 0 Å². The van der Waals surface area contributed by atoms with Crippen LogP contribution in [0.25, 0.3) is 0 Å². The van der Waals surface area contributed by atoms with Crippen LogP contribution in [0.15, 0.2) is 28.2 Å². The number of anilines is 1. The number of carbonyl (C=O) groups is 1. The Morgan fingerprint density at radius 2 is 2.14 bits per heavy atom. The van der Waals surface area contributed by atoms with Gasteiger partial charge in [-0.05, 0) is 82.6 Å². The van der Waals surface area contributed by atoms with Crippen LogP contribution in [0.4, 0.5) is 15.1 Å². The van der Waals surface area contributed by atoms with Gasteiger partial charge in [0, 0.05) is 31.7 Å². The molecule has 1 atom stereocenters. The van der Waals surface area contributed by atoms with Gasteiger partial charge in [0.05, 0.1) is 5.60 Å². The van der Waals surface area contributed by atoms with E-state index >= 15 is 0 Å². The fourth-order valence-corrected chi connectivity index (χ4v) is 5.69. The number of fused-ring (bicyclic) bond motifs is 1. The molecule has 1 unspecified atom stereocenters. The van der Waals surface area contributed by atoms with Gasteiger partial charge in [-0.1, -0.05) is 11.3 Å². The van der Waals surface area contributed by atoms with Crippen LogP contribution in [0.2, 0.25) is 0 Å².